The lowest BCUT2D eigenvalue weighted by Gasteiger charge is -2.05. The highest BCUT2D eigenvalue weighted by molar-refractivity contribution is 5.59. The van der Waals surface area contributed by atoms with Crippen LogP contribution >= 0.6 is 0 Å². The quantitative estimate of drug-likeness (QED) is 0.802. The second-order valence-electron chi connectivity index (χ2n) is 3.08. The monoisotopic (exact) mass is 195 g/mol. The van der Waals surface area contributed by atoms with Gasteiger partial charge in [0, 0.05) is 12.1 Å². The minimum absolute atomic E-state index is 0.276. The van der Waals surface area contributed by atoms with Gasteiger partial charge < -0.3 is 10.5 Å². The molecule has 2 nitrogen and oxygen atoms in total. The normalized spacial score (nSPS) is 11.6. The number of rotatable bonds is 3. The molecule has 0 saturated carbocycles. The van der Waals surface area contributed by atoms with E-state index in [0.29, 0.717) is 12.3 Å². The number of hydrogen-bond acceptors (Lipinski definition) is 2. The summed E-state index contributed by atoms with van der Waals surface area (Å²) < 4.78 is 18.0. The molecule has 0 aliphatic heterocycles. The number of nitrogens with two attached hydrogens (primary N) is 1. The van der Waals surface area contributed by atoms with Crippen molar-refractivity contribution in [2.75, 3.05) is 13.7 Å². The highest BCUT2D eigenvalue weighted by Crippen LogP contribution is 2.21. The maximum absolute atomic E-state index is 12.9. The fourth-order valence-corrected chi connectivity index (χ4v) is 1.14. The van der Waals surface area contributed by atoms with E-state index in [1.54, 1.807) is 13.2 Å². The molecule has 0 aliphatic rings. The fourth-order valence-electron chi connectivity index (χ4n) is 1.14. The molecular formula is C11H14FNO. The van der Waals surface area contributed by atoms with Crippen molar-refractivity contribution < 1.29 is 9.13 Å². The zero-order chi connectivity index (χ0) is 10.6. The van der Waals surface area contributed by atoms with Gasteiger partial charge in [0.05, 0.1) is 7.11 Å². The molecule has 1 aromatic carbocycles. The Morgan fingerprint density at radius 3 is 2.86 bits per heavy atom. The summed E-state index contributed by atoms with van der Waals surface area (Å²) in [7, 11) is 1.56. The number of ether oxygens (including phenoxy) is 1. The fraction of sp³-hybridized carbons (Fsp3) is 0.273. The molecule has 0 atom stereocenters. The molecule has 76 valence electrons. The molecule has 14 heavy (non-hydrogen) atoms. The molecule has 0 heterocycles. The molecule has 3 heteroatoms. The van der Waals surface area contributed by atoms with Crippen molar-refractivity contribution in [3.8, 4) is 5.75 Å². The molecule has 2 N–H and O–H groups in total. The van der Waals surface area contributed by atoms with E-state index in [0.717, 1.165) is 11.1 Å². The summed E-state index contributed by atoms with van der Waals surface area (Å²) in [6.07, 6.45) is 1.82. The van der Waals surface area contributed by atoms with Crippen molar-refractivity contribution in [3.05, 3.63) is 35.2 Å². The van der Waals surface area contributed by atoms with Crippen LogP contribution in [0.3, 0.4) is 0 Å². The Bertz CT molecular complexity index is 347. The van der Waals surface area contributed by atoms with Crippen molar-refractivity contribution in [2.24, 2.45) is 5.73 Å². The number of hydrogen-bond donors (Lipinski definition) is 1. The van der Waals surface area contributed by atoms with Crippen LogP contribution in [0.5, 0.6) is 5.75 Å². The molecule has 1 aromatic rings. The van der Waals surface area contributed by atoms with Gasteiger partial charge in [0.15, 0.2) is 0 Å². The zero-order valence-electron chi connectivity index (χ0n) is 8.38. The Labute approximate surface area is 83.2 Å². The van der Waals surface area contributed by atoms with Gasteiger partial charge in [-0.2, -0.15) is 0 Å². The first-order valence-corrected chi connectivity index (χ1v) is 4.38. The standard InChI is InChI=1S/C11H14FNO/c1-8(7-13)5-9-6-10(12)3-4-11(9)14-2/h3-6H,7,13H2,1-2H3/b8-5-. The topological polar surface area (TPSA) is 35.2 Å². The van der Waals surface area contributed by atoms with Crippen LogP contribution in [-0.2, 0) is 0 Å². The summed E-state index contributed by atoms with van der Waals surface area (Å²) >= 11 is 0. The third-order valence-electron chi connectivity index (χ3n) is 1.92. The second-order valence-corrected chi connectivity index (χ2v) is 3.08. The van der Waals surface area contributed by atoms with E-state index in [9.17, 15) is 4.39 Å². The molecule has 0 unspecified atom stereocenters. The molecule has 0 spiro atoms. The Kier molecular flexibility index (Phi) is 3.65. The number of methoxy groups -OCH3 is 1. The lowest BCUT2D eigenvalue weighted by molar-refractivity contribution is 0.412. The van der Waals surface area contributed by atoms with E-state index in [4.69, 9.17) is 10.5 Å². The van der Waals surface area contributed by atoms with E-state index in [1.165, 1.54) is 12.1 Å². The van der Waals surface area contributed by atoms with E-state index in [2.05, 4.69) is 0 Å². The maximum Gasteiger partial charge on any atom is 0.126 e. The molecule has 0 amide bonds. The summed E-state index contributed by atoms with van der Waals surface area (Å²) in [6, 6.07) is 4.40. The van der Waals surface area contributed by atoms with Crippen molar-refractivity contribution in [3.63, 3.8) is 0 Å². The minimum atomic E-state index is -0.276. The Hall–Kier alpha value is -1.35. The van der Waals surface area contributed by atoms with E-state index in [1.807, 2.05) is 13.0 Å². The van der Waals surface area contributed by atoms with Crippen LogP contribution < -0.4 is 10.5 Å². The molecule has 0 saturated heterocycles. The van der Waals surface area contributed by atoms with Gasteiger partial charge in [-0.15, -0.1) is 0 Å². The molecule has 0 fully saturated rings. The predicted molar refractivity (Wildman–Crippen MR) is 55.7 cm³/mol. The van der Waals surface area contributed by atoms with E-state index in [-0.39, 0.29) is 5.82 Å². The molecule has 0 bridgehead atoms. The highest BCUT2D eigenvalue weighted by Gasteiger charge is 2.01. The number of benzene rings is 1. The molecule has 1 rings (SSSR count). The Balaban J connectivity index is 3.11. The van der Waals surface area contributed by atoms with Gasteiger partial charge in [-0.3, -0.25) is 0 Å². The molecule has 0 radical (unpaired) electrons. The van der Waals surface area contributed by atoms with Crippen LogP contribution in [0.2, 0.25) is 0 Å². The average Bonchev–Trinajstić information content (AvgIpc) is 2.18. The first-order valence-electron chi connectivity index (χ1n) is 4.38. The van der Waals surface area contributed by atoms with Gasteiger partial charge in [0.1, 0.15) is 11.6 Å². The Morgan fingerprint density at radius 1 is 1.57 bits per heavy atom. The third kappa shape index (κ3) is 2.57. The summed E-state index contributed by atoms with van der Waals surface area (Å²) in [5.41, 5.74) is 7.15. The molecule has 0 aliphatic carbocycles. The minimum Gasteiger partial charge on any atom is -0.496 e. The van der Waals surface area contributed by atoms with Crippen molar-refractivity contribution in [1.29, 1.82) is 0 Å². The lowest BCUT2D eigenvalue weighted by Crippen LogP contribution is -1.99. The second kappa shape index (κ2) is 4.77. The molecule has 0 aromatic heterocycles. The smallest absolute Gasteiger partial charge is 0.126 e. The Morgan fingerprint density at radius 2 is 2.29 bits per heavy atom. The first kappa shape index (κ1) is 10.7. The maximum atomic E-state index is 12.9. The summed E-state index contributed by atoms with van der Waals surface area (Å²) in [5, 5.41) is 0. The van der Waals surface area contributed by atoms with Crippen molar-refractivity contribution in [1.82, 2.24) is 0 Å². The first-order chi connectivity index (χ1) is 6.67. The van der Waals surface area contributed by atoms with Crippen LogP contribution in [0.1, 0.15) is 12.5 Å². The van der Waals surface area contributed by atoms with Gasteiger partial charge in [0.25, 0.3) is 0 Å². The van der Waals surface area contributed by atoms with Crippen LogP contribution in [0, 0.1) is 5.82 Å². The van der Waals surface area contributed by atoms with Crippen molar-refractivity contribution in [2.45, 2.75) is 6.92 Å². The predicted octanol–water partition coefficient (Wildman–Crippen LogP) is 2.20. The average molecular weight is 195 g/mol. The van der Waals surface area contributed by atoms with Gasteiger partial charge >= 0.3 is 0 Å². The molecular weight excluding hydrogens is 181 g/mol. The van der Waals surface area contributed by atoms with Gasteiger partial charge in [-0.25, -0.2) is 4.39 Å². The van der Waals surface area contributed by atoms with Crippen LogP contribution in [0.15, 0.2) is 23.8 Å². The van der Waals surface area contributed by atoms with Gasteiger partial charge in [-0.05, 0) is 25.1 Å². The van der Waals surface area contributed by atoms with Gasteiger partial charge in [0.2, 0.25) is 0 Å². The van der Waals surface area contributed by atoms with Crippen LogP contribution in [0.4, 0.5) is 4.39 Å². The zero-order valence-corrected chi connectivity index (χ0v) is 8.38. The lowest BCUT2D eigenvalue weighted by atomic mass is 10.1. The van der Waals surface area contributed by atoms with Crippen LogP contribution in [0.25, 0.3) is 6.08 Å². The van der Waals surface area contributed by atoms with Crippen molar-refractivity contribution >= 4 is 6.08 Å². The number of halogens is 1. The highest BCUT2D eigenvalue weighted by atomic mass is 19.1. The van der Waals surface area contributed by atoms with E-state index < -0.39 is 0 Å². The largest absolute Gasteiger partial charge is 0.496 e. The van der Waals surface area contributed by atoms with Gasteiger partial charge in [-0.1, -0.05) is 11.6 Å². The van der Waals surface area contributed by atoms with E-state index >= 15 is 0 Å². The summed E-state index contributed by atoms with van der Waals surface area (Å²) in [6.45, 7) is 2.35. The third-order valence-corrected chi connectivity index (χ3v) is 1.92. The summed E-state index contributed by atoms with van der Waals surface area (Å²) in [5.74, 6) is 0.376. The van der Waals surface area contributed by atoms with Crippen LogP contribution in [-0.4, -0.2) is 13.7 Å². The SMILES string of the molecule is COc1ccc(F)cc1/C=C(/C)CN. The summed E-state index contributed by atoms with van der Waals surface area (Å²) in [4.78, 5) is 0.